The van der Waals surface area contributed by atoms with E-state index < -0.39 is 0 Å². The molecule has 0 saturated carbocycles. The molecule has 0 aliphatic carbocycles. The number of nitrogens with one attached hydrogen (secondary N) is 1. The maximum atomic E-state index is 11.3. The van der Waals surface area contributed by atoms with E-state index in [9.17, 15) is 4.79 Å². The molecule has 0 atom stereocenters. The number of carbonyl (C=O) groups excluding carboxylic acids is 1. The molecule has 1 amide bonds. The predicted molar refractivity (Wildman–Crippen MR) is 127 cm³/mol. The first-order valence-corrected chi connectivity index (χ1v) is 11.5. The van der Waals surface area contributed by atoms with Gasteiger partial charge in [-0.2, -0.15) is 0 Å². The van der Waals surface area contributed by atoms with Crippen LogP contribution < -0.4 is 10.1 Å². The maximum Gasteiger partial charge on any atom is 0.219 e. The lowest BCUT2D eigenvalue weighted by Crippen LogP contribution is -2.23. The predicted octanol–water partition coefficient (Wildman–Crippen LogP) is 5.36. The van der Waals surface area contributed by atoms with Gasteiger partial charge in [-0.25, -0.2) is 4.98 Å². The van der Waals surface area contributed by atoms with Crippen LogP contribution >= 0.6 is 0 Å². The first kappa shape index (κ1) is 22.9. The van der Waals surface area contributed by atoms with Crippen molar-refractivity contribution in [2.24, 2.45) is 0 Å². The van der Waals surface area contributed by atoms with Crippen molar-refractivity contribution >= 4 is 16.9 Å². The number of hydrogen-bond acceptors (Lipinski definition) is 3. The number of imidazole rings is 1. The van der Waals surface area contributed by atoms with Gasteiger partial charge in [0.25, 0.3) is 0 Å². The fourth-order valence-corrected chi connectivity index (χ4v) is 3.87. The third-order valence-corrected chi connectivity index (χ3v) is 5.57. The van der Waals surface area contributed by atoms with Gasteiger partial charge >= 0.3 is 0 Å². The summed E-state index contributed by atoms with van der Waals surface area (Å²) in [6.45, 7) is 8.42. The highest BCUT2D eigenvalue weighted by Gasteiger charge is 2.10. The Morgan fingerprint density at radius 1 is 1.06 bits per heavy atom. The molecule has 0 fully saturated rings. The zero-order valence-corrected chi connectivity index (χ0v) is 19.1. The highest BCUT2D eigenvalue weighted by atomic mass is 16.5. The van der Waals surface area contributed by atoms with E-state index in [4.69, 9.17) is 9.72 Å². The van der Waals surface area contributed by atoms with Gasteiger partial charge in [-0.1, -0.05) is 43.2 Å². The van der Waals surface area contributed by atoms with E-state index >= 15 is 0 Å². The monoisotopic (exact) mass is 421 g/mol. The third kappa shape index (κ3) is 6.58. The van der Waals surface area contributed by atoms with Gasteiger partial charge in [0.05, 0.1) is 17.6 Å². The average Bonchev–Trinajstić information content (AvgIpc) is 3.12. The molecule has 0 radical (unpaired) electrons. The number of aromatic nitrogens is 2. The minimum absolute atomic E-state index is 0.129. The van der Waals surface area contributed by atoms with Crippen LogP contribution in [0.3, 0.4) is 0 Å². The molecule has 0 bridgehead atoms. The van der Waals surface area contributed by atoms with Crippen molar-refractivity contribution in [2.75, 3.05) is 13.2 Å². The van der Waals surface area contributed by atoms with Crippen LogP contribution in [0.1, 0.15) is 56.0 Å². The molecule has 0 saturated heterocycles. The number of unbranched alkanes of at least 4 members (excludes halogenated alkanes) is 2. The van der Waals surface area contributed by atoms with Gasteiger partial charge in [-0.3, -0.25) is 4.79 Å². The molecule has 166 valence electrons. The normalized spacial score (nSPS) is 11.1. The van der Waals surface area contributed by atoms with E-state index in [-0.39, 0.29) is 5.91 Å². The van der Waals surface area contributed by atoms with Crippen LogP contribution in [0, 0.1) is 13.8 Å². The molecule has 1 N–H and O–H groups in total. The molecule has 2 aromatic carbocycles. The van der Waals surface area contributed by atoms with Crippen LogP contribution in [0.25, 0.3) is 11.0 Å². The van der Waals surface area contributed by atoms with Crippen LogP contribution in [-0.4, -0.2) is 28.6 Å². The molecule has 0 aliphatic rings. The molecule has 1 aromatic heterocycles. The van der Waals surface area contributed by atoms with Gasteiger partial charge in [0.1, 0.15) is 11.6 Å². The molecule has 31 heavy (non-hydrogen) atoms. The minimum Gasteiger partial charge on any atom is -0.493 e. The van der Waals surface area contributed by atoms with E-state index in [2.05, 4.69) is 60.1 Å². The fourth-order valence-electron chi connectivity index (χ4n) is 3.87. The highest BCUT2D eigenvalue weighted by Crippen LogP contribution is 2.20. The van der Waals surface area contributed by atoms with Gasteiger partial charge in [0, 0.05) is 25.9 Å². The topological polar surface area (TPSA) is 56.2 Å². The summed E-state index contributed by atoms with van der Waals surface area (Å²) >= 11 is 0. The summed E-state index contributed by atoms with van der Waals surface area (Å²) < 4.78 is 8.37. The summed E-state index contributed by atoms with van der Waals surface area (Å²) in [5, 5.41) is 2.94. The van der Waals surface area contributed by atoms with Gasteiger partial charge < -0.3 is 14.6 Å². The average molecular weight is 422 g/mol. The lowest BCUT2D eigenvalue weighted by atomic mass is 10.1. The Labute approximate surface area is 185 Å². The van der Waals surface area contributed by atoms with Crippen LogP contribution in [-0.2, 0) is 17.8 Å². The lowest BCUT2D eigenvalue weighted by molar-refractivity contribution is -0.120. The number of carbonyl (C=O) groups is 1. The summed E-state index contributed by atoms with van der Waals surface area (Å²) in [6.07, 6.45) is 5.61. The molecule has 3 rings (SSSR count). The van der Waals surface area contributed by atoms with Crippen molar-refractivity contribution in [3.8, 4) is 5.75 Å². The van der Waals surface area contributed by atoms with Gasteiger partial charge in [0.2, 0.25) is 5.91 Å². The second kappa shape index (κ2) is 11.5. The number of fused-ring (bicyclic) bond motifs is 1. The smallest absolute Gasteiger partial charge is 0.219 e. The van der Waals surface area contributed by atoms with E-state index in [1.54, 1.807) is 0 Å². The number of nitrogens with zero attached hydrogens (tertiary/aromatic N) is 2. The van der Waals surface area contributed by atoms with Crippen molar-refractivity contribution in [1.82, 2.24) is 14.9 Å². The van der Waals surface area contributed by atoms with Gasteiger partial charge in [-0.05, 0) is 56.9 Å². The second-order valence-electron chi connectivity index (χ2n) is 8.15. The summed E-state index contributed by atoms with van der Waals surface area (Å²) in [5.41, 5.74) is 4.69. The summed E-state index contributed by atoms with van der Waals surface area (Å²) in [7, 11) is 0. The molecule has 1 heterocycles. The van der Waals surface area contributed by atoms with Crippen LogP contribution in [0.15, 0.2) is 42.5 Å². The van der Waals surface area contributed by atoms with E-state index in [0.29, 0.717) is 13.0 Å². The molecule has 5 heteroatoms. The molecule has 0 spiro atoms. The number of ether oxygens (including phenoxy) is 1. The highest BCUT2D eigenvalue weighted by molar-refractivity contribution is 5.76. The van der Waals surface area contributed by atoms with Crippen molar-refractivity contribution in [1.29, 1.82) is 0 Å². The van der Waals surface area contributed by atoms with Gasteiger partial charge in [0.15, 0.2) is 0 Å². The Bertz CT molecular complexity index is 993. The summed E-state index contributed by atoms with van der Waals surface area (Å²) in [6, 6.07) is 14.7. The maximum absolute atomic E-state index is 11.3. The summed E-state index contributed by atoms with van der Waals surface area (Å²) in [4.78, 5) is 16.2. The number of benzene rings is 2. The second-order valence-corrected chi connectivity index (χ2v) is 8.15. The van der Waals surface area contributed by atoms with Crippen LogP contribution in [0.5, 0.6) is 5.75 Å². The zero-order valence-electron chi connectivity index (χ0n) is 19.1. The number of hydrogen-bond donors (Lipinski definition) is 1. The first-order chi connectivity index (χ1) is 15.1. The third-order valence-electron chi connectivity index (χ3n) is 5.57. The van der Waals surface area contributed by atoms with E-state index in [1.807, 2.05) is 13.0 Å². The van der Waals surface area contributed by atoms with Gasteiger partial charge in [-0.15, -0.1) is 0 Å². The van der Waals surface area contributed by atoms with Crippen LogP contribution in [0.4, 0.5) is 0 Å². The van der Waals surface area contributed by atoms with E-state index in [0.717, 1.165) is 62.3 Å². The Kier molecular flexibility index (Phi) is 8.51. The largest absolute Gasteiger partial charge is 0.493 e. The molecule has 5 nitrogen and oxygen atoms in total. The van der Waals surface area contributed by atoms with Crippen molar-refractivity contribution < 1.29 is 9.53 Å². The van der Waals surface area contributed by atoms with Crippen molar-refractivity contribution in [2.45, 2.75) is 65.8 Å². The molecular formula is C26H35N3O2. The fraction of sp³-hybridized carbons (Fsp3) is 0.462. The Morgan fingerprint density at radius 3 is 2.71 bits per heavy atom. The standard InChI is InChI=1S/C26H35N3O2/c1-4-26(30)27-16-9-5-6-13-25-28-22-11-7-8-12-23(22)29(25)17-10-18-31-24-15-14-20(2)19-21(24)3/h7-8,11-12,14-15,19H,4-6,9-10,13,16-18H2,1-3H3,(H,27,30). The molecule has 0 aliphatic heterocycles. The minimum atomic E-state index is 0.129. The Morgan fingerprint density at radius 2 is 1.90 bits per heavy atom. The molecule has 0 unspecified atom stereocenters. The number of para-hydroxylation sites is 2. The van der Waals surface area contributed by atoms with Crippen molar-refractivity contribution in [3.63, 3.8) is 0 Å². The SMILES string of the molecule is CCC(=O)NCCCCCc1nc2ccccc2n1CCCOc1ccc(C)cc1C. The molecule has 3 aromatic rings. The first-order valence-electron chi connectivity index (χ1n) is 11.5. The Hall–Kier alpha value is -2.82. The molecular weight excluding hydrogens is 386 g/mol. The summed E-state index contributed by atoms with van der Waals surface area (Å²) in [5.74, 6) is 2.24. The van der Waals surface area contributed by atoms with Crippen LogP contribution in [0.2, 0.25) is 0 Å². The number of aryl methyl sites for hydroxylation is 4. The zero-order chi connectivity index (χ0) is 22.1. The Balaban J connectivity index is 1.53. The number of rotatable bonds is 12. The lowest BCUT2D eigenvalue weighted by Gasteiger charge is -2.12. The quantitative estimate of drug-likeness (QED) is 0.401. The van der Waals surface area contributed by atoms with Crippen molar-refractivity contribution in [3.05, 3.63) is 59.4 Å². The number of amides is 1. The van der Waals surface area contributed by atoms with E-state index in [1.165, 1.54) is 16.6 Å².